The first-order valence-corrected chi connectivity index (χ1v) is 7.85. The van der Waals surface area contributed by atoms with Gasteiger partial charge in [-0.2, -0.15) is 0 Å². The molecule has 7 nitrogen and oxygen atoms in total. The van der Waals surface area contributed by atoms with E-state index in [2.05, 4.69) is 33.2 Å². The number of nitrogens with zero attached hydrogens (tertiary/aromatic N) is 3. The Balaban J connectivity index is 2.24. The number of aromatic nitrogens is 2. The van der Waals surface area contributed by atoms with E-state index in [1.807, 2.05) is 0 Å². The van der Waals surface area contributed by atoms with Crippen LogP contribution in [0.5, 0.6) is 0 Å². The van der Waals surface area contributed by atoms with Crippen LogP contribution in [0.3, 0.4) is 0 Å². The fourth-order valence-electron chi connectivity index (χ4n) is 1.66. The van der Waals surface area contributed by atoms with E-state index in [1.165, 1.54) is 28.2 Å². The van der Waals surface area contributed by atoms with Crippen molar-refractivity contribution in [3.8, 4) is 0 Å². The summed E-state index contributed by atoms with van der Waals surface area (Å²) in [5, 5.41) is 14.8. The minimum Gasteiger partial charge on any atom is -0.362 e. The molecule has 0 spiro atoms. The smallest absolute Gasteiger partial charge is 0.286 e. The molecule has 2 aromatic heterocycles. The highest BCUT2D eigenvalue weighted by Gasteiger charge is 2.13. The van der Waals surface area contributed by atoms with Crippen molar-refractivity contribution in [1.82, 2.24) is 9.55 Å². The second-order valence-corrected chi connectivity index (χ2v) is 6.26. The molecule has 0 radical (unpaired) electrons. The Morgan fingerprint density at radius 2 is 2.33 bits per heavy atom. The first kappa shape index (κ1) is 15.6. The van der Waals surface area contributed by atoms with E-state index in [0.717, 1.165) is 23.0 Å². The number of hydrogen-bond acceptors (Lipinski definition) is 6. The normalized spacial score (nSPS) is 10.6. The third kappa shape index (κ3) is 3.88. The van der Waals surface area contributed by atoms with E-state index in [-0.39, 0.29) is 22.3 Å². The molecule has 0 unspecified atom stereocenters. The van der Waals surface area contributed by atoms with Crippen molar-refractivity contribution in [1.29, 1.82) is 0 Å². The molecule has 0 aromatic carbocycles. The molecule has 0 atom stereocenters. The topological polar surface area (TPSA) is 90.1 Å². The maximum absolute atomic E-state index is 12.0. The summed E-state index contributed by atoms with van der Waals surface area (Å²) in [7, 11) is 0. The van der Waals surface area contributed by atoms with E-state index in [9.17, 15) is 14.9 Å². The van der Waals surface area contributed by atoms with Gasteiger partial charge in [-0.15, -0.1) is 11.3 Å². The zero-order chi connectivity index (χ0) is 15.4. The SMILES string of the molecule is CCCNc1ncc(Cn2cc([N+](=O)[O-])cc(Br)c2=O)s1. The molecule has 0 amide bonds. The minimum atomic E-state index is -0.526. The standard InChI is InChI=1S/C12H13BrN4O3S/c1-2-3-14-12-15-5-9(21-12)7-16-6-8(17(19)20)4-10(13)11(16)18/h4-6H,2-3,7H2,1H3,(H,14,15). The van der Waals surface area contributed by atoms with Crippen LogP contribution in [-0.4, -0.2) is 21.0 Å². The van der Waals surface area contributed by atoms with Gasteiger partial charge in [0.25, 0.3) is 11.2 Å². The fourth-order valence-corrected chi connectivity index (χ4v) is 2.96. The lowest BCUT2D eigenvalue weighted by Crippen LogP contribution is -2.20. The van der Waals surface area contributed by atoms with Crippen LogP contribution in [0.25, 0.3) is 0 Å². The largest absolute Gasteiger partial charge is 0.362 e. The molecule has 21 heavy (non-hydrogen) atoms. The van der Waals surface area contributed by atoms with Crippen LogP contribution in [0.15, 0.2) is 27.7 Å². The molecule has 2 aromatic rings. The highest BCUT2D eigenvalue weighted by Crippen LogP contribution is 2.20. The van der Waals surface area contributed by atoms with Crippen LogP contribution < -0.4 is 10.9 Å². The van der Waals surface area contributed by atoms with Gasteiger partial charge in [-0.25, -0.2) is 4.98 Å². The van der Waals surface area contributed by atoms with Crippen molar-refractivity contribution in [3.63, 3.8) is 0 Å². The van der Waals surface area contributed by atoms with E-state index in [1.54, 1.807) is 6.20 Å². The minimum absolute atomic E-state index is 0.129. The Hall–Kier alpha value is -1.74. The Morgan fingerprint density at radius 3 is 3.00 bits per heavy atom. The maximum Gasteiger partial charge on any atom is 0.286 e. The molecule has 0 fully saturated rings. The van der Waals surface area contributed by atoms with Crippen LogP contribution >= 0.6 is 27.3 Å². The average molecular weight is 373 g/mol. The van der Waals surface area contributed by atoms with Crippen LogP contribution in [0.4, 0.5) is 10.8 Å². The molecule has 2 heterocycles. The number of pyridine rings is 1. The van der Waals surface area contributed by atoms with E-state index < -0.39 is 4.92 Å². The van der Waals surface area contributed by atoms with Crippen molar-refractivity contribution in [3.05, 3.63) is 48.3 Å². The Labute approximate surface area is 132 Å². The van der Waals surface area contributed by atoms with Gasteiger partial charge in [0.15, 0.2) is 5.13 Å². The van der Waals surface area contributed by atoms with Crippen molar-refractivity contribution < 1.29 is 4.92 Å². The highest BCUT2D eigenvalue weighted by atomic mass is 79.9. The van der Waals surface area contributed by atoms with Crippen LogP contribution in [-0.2, 0) is 6.54 Å². The summed E-state index contributed by atoms with van der Waals surface area (Å²) in [6.07, 6.45) is 3.90. The first-order chi connectivity index (χ1) is 10.0. The quantitative estimate of drug-likeness (QED) is 0.621. The molecule has 0 aliphatic heterocycles. The number of nitro groups is 1. The summed E-state index contributed by atoms with van der Waals surface area (Å²) in [5.74, 6) is 0. The predicted octanol–water partition coefficient (Wildman–Crippen LogP) is 2.85. The van der Waals surface area contributed by atoms with Crippen LogP contribution in [0.1, 0.15) is 18.2 Å². The number of anilines is 1. The highest BCUT2D eigenvalue weighted by molar-refractivity contribution is 9.10. The van der Waals surface area contributed by atoms with Gasteiger partial charge in [0.2, 0.25) is 0 Å². The third-order valence-electron chi connectivity index (χ3n) is 2.64. The van der Waals surface area contributed by atoms with E-state index >= 15 is 0 Å². The average Bonchev–Trinajstić information content (AvgIpc) is 2.88. The summed E-state index contributed by atoms with van der Waals surface area (Å²) in [4.78, 5) is 27.4. The van der Waals surface area contributed by atoms with Gasteiger partial charge in [-0.1, -0.05) is 6.92 Å². The van der Waals surface area contributed by atoms with Gasteiger partial charge in [-0.05, 0) is 22.4 Å². The molecular formula is C12H13BrN4O3S. The number of halogens is 1. The predicted molar refractivity (Wildman–Crippen MR) is 85.1 cm³/mol. The monoisotopic (exact) mass is 372 g/mol. The van der Waals surface area contributed by atoms with E-state index in [4.69, 9.17) is 0 Å². The lowest BCUT2D eigenvalue weighted by molar-refractivity contribution is -0.385. The number of hydrogen-bond donors (Lipinski definition) is 1. The second kappa shape index (κ2) is 6.81. The molecule has 1 N–H and O–H groups in total. The van der Waals surface area contributed by atoms with Gasteiger partial charge in [0.05, 0.1) is 22.1 Å². The Bertz CT molecular complexity index is 713. The molecular weight excluding hydrogens is 360 g/mol. The van der Waals surface area contributed by atoms with Gasteiger partial charge >= 0.3 is 0 Å². The maximum atomic E-state index is 12.0. The molecule has 0 aliphatic rings. The summed E-state index contributed by atoms with van der Waals surface area (Å²) in [5.41, 5.74) is -0.438. The Morgan fingerprint density at radius 1 is 1.57 bits per heavy atom. The Kier molecular flexibility index (Phi) is 5.07. The summed E-state index contributed by atoms with van der Waals surface area (Å²) in [6, 6.07) is 1.21. The van der Waals surface area contributed by atoms with Gasteiger partial charge < -0.3 is 9.88 Å². The third-order valence-corrected chi connectivity index (χ3v) is 4.15. The van der Waals surface area contributed by atoms with Crippen molar-refractivity contribution in [2.45, 2.75) is 19.9 Å². The summed E-state index contributed by atoms with van der Waals surface area (Å²) in [6.45, 7) is 3.14. The molecule has 9 heteroatoms. The van der Waals surface area contributed by atoms with Crippen LogP contribution in [0, 0.1) is 10.1 Å². The lowest BCUT2D eigenvalue weighted by atomic mass is 10.4. The van der Waals surface area contributed by atoms with Crippen molar-refractivity contribution >= 4 is 38.1 Å². The van der Waals surface area contributed by atoms with Crippen molar-refractivity contribution in [2.75, 3.05) is 11.9 Å². The number of nitrogens with one attached hydrogen (secondary N) is 1. The molecule has 112 valence electrons. The van der Waals surface area contributed by atoms with Crippen molar-refractivity contribution in [2.24, 2.45) is 0 Å². The number of thiazole rings is 1. The molecule has 0 saturated carbocycles. The molecule has 0 aliphatic carbocycles. The van der Waals surface area contributed by atoms with Crippen LogP contribution in [0.2, 0.25) is 0 Å². The summed E-state index contributed by atoms with van der Waals surface area (Å²) < 4.78 is 1.48. The van der Waals surface area contributed by atoms with E-state index in [0.29, 0.717) is 0 Å². The molecule has 0 bridgehead atoms. The van der Waals surface area contributed by atoms with Gasteiger partial charge in [0, 0.05) is 23.7 Å². The zero-order valence-electron chi connectivity index (χ0n) is 11.2. The first-order valence-electron chi connectivity index (χ1n) is 6.24. The lowest BCUT2D eigenvalue weighted by Gasteiger charge is -2.04. The zero-order valence-corrected chi connectivity index (χ0v) is 13.6. The van der Waals surface area contributed by atoms with Gasteiger partial charge in [0.1, 0.15) is 0 Å². The molecule has 0 saturated heterocycles. The second-order valence-electron chi connectivity index (χ2n) is 4.29. The van der Waals surface area contributed by atoms with Gasteiger partial charge in [-0.3, -0.25) is 14.9 Å². The molecule has 2 rings (SSSR count). The summed E-state index contributed by atoms with van der Waals surface area (Å²) >= 11 is 4.49. The number of rotatable bonds is 6. The fraction of sp³-hybridized carbons (Fsp3) is 0.333.